The molecule has 0 saturated heterocycles. The molecule has 0 aliphatic carbocycles. The molecule has 18 heavy (non-hydrogen) atoms. The van der Waals surface area contributed by atoms with E-state index in [1.165, 1.54) is 18.7 Å². The second-order valence-corrected chi connectivity index (χ2v) is 3.69. The van der Waals surface area contributed by atoms with E-state index in [0.29, 0.717) is 11.5 Å². The lowest BCUT2D eigenvalue weighted by molar-refractivity contribution is 0.0690. The second kappa shape index (κ2) is 3.66. The molecule has 0 amide bonds. The maximum atomic E-state index is 10.7. The van der Waals surface area contributed by atoms with Gasteiger partial charge in [-0.15, -0.1) is 0 Å². The molecule has 1 N–H and O–H groups in total. The molecule has 3 rings (SSSR count). The number of rotatable bonds is 2. The van der Waals surface area contributed by atoms with Crippen LogP contribution < -0.4 is 0 Å². The van der Waals surface area contributed by atoms with Gasteiger partial charge in [-0.05, 0) is 6.92 Å². The lowest BCUT2D eigenvalue weighted by Gasteiger charge is -2.00. The van der Waals surface area contributed by atoms with Crippen LogP contribution in [-0.4, -0.2) is 30.4 Å². The van der Waals surface area contributed by atoms with Crippen molar-refractivity contribution < 1.29 is 14.3 Å². The van der Waals surface area contributed by atoms with E-state index < -0.39 is 5.97 Å². The summed E-state index contributed by atoms with van der Waals surface area (Å²) in [6.45, 7) is 1.82. The minimum absolute atomic E-state index is 0.0932. The van der Waals surface area contributed by atoms with Crippen molar-refractivity contribution in [2.24, 2.45) is 0 Å². The number of imidazole rings is 1. The Morgan fingerprint density at radius 3 is 2.89 bits per heavy atom. The van der Waals surface area contributed by atoms with E-state index in [4.69, 9.17) is 9.52 Å². The zero-order valence-electron chi connectivity index (χ0n) is 9.36. The van der Waals surface area contributed by atoms with Crippen LogP contribution in [0.25, 0.3) is 17.2 Å². The highest BCUT2D eigenvalue weighted by Crippen LogP contribution is 2.22. The van der Waals surface area contributed by atoms with E-state index >= 15 is 0 Å². The third-order valence-electron chi connectivity index (χ3n) is 2.55. The van der Waals surface area contributed by atoms with Gasteiger partial charge in [-0.2, -0.15) is 4.98 Å². The summed E-state index contributed by atoms with van der Waals surface area (Å²) >= 11 is 0. The molecule has 3 aromatic rings. The Hall–Kier alpha value is -2.70. The average Bonchev–Trinajstić information content (AvgIpc) is 2.89. The summed E-state index contributed by atoms with van der Waals surface area (Å²) in [4.78, 5) is 22.8. The van der Waals surface area contributed by atoms with Crippen LogP contribution >= 0.6 is 0 Å². The molecule has 7 heteroatoms. The molecule has 0 unspecified atom stereocenters. The number of hydrogen-bond donors (Lipinski definition) is 1. The summed E-state index contributed by atoms with van der Waals surface area (Å²) in [7, 11) is 0. The lowest BCUT2D eigenvalue weighted by Crippen LogP contribution is -2.01. The highest BCUT2D eigenvalue weighted by atomic mass is 16.4. The fourth-order valence-electron chi connectivity index (χ4n) is 1.76. The normalized spacial score (nSPS) is 10.9. The van der Waals surface area contributed by atoms with Crippen LogP contribution in [0.4, 0.5) is 0 Å². The van der Waals surface area contributed by atoms with Crippen molar-refractivity contribution in [2.45, 2.75) is 6.92 Å². The Morgan fingerprint density at radius 2 is 2.22 bits per heavy atom. The number of carbonyl (C=O) groups is 1. The molecule has 0 aromatic carbocycles. The summed E-state index contributed by atoms with van der Waals surface area (Å²) in [6, 6.07) is 0. The quantitative estimate of drug-likeness (QED) is 0.732. The summed E-state index contributed by atoms with van der Waals surface area (Å²) in [6.07, 6.45) is 5.87. The van der Waals surface area contributed by atoms with Crippen LogP contribution in [0, 0.1) is 6.92 Å². The van der Waals surface area contributed by atoms with Crippen molar-refractivity contribution in [3.63, 3.8) is 0 Å². The zero-order chi connectivity index (χ0) is 12.7. The molecule has 0 aliphatic rings. The van der Waals surface area contributed by atoms with Crippen molar-refractivity contribution in [1.82, 2.24) is 19.4 Å². The van der Waals surface area contributed by atoms with Gasteiger partial charge < -0.3 is 9.52 Å². The highest BCUT2D eigenvalue weighted by molar-refractivity contribution is 5.85. The molecule has 0 bridgehead atoms. The lowest BCUT2D eigenvalue weighted by atomic mass is 10.2. The van der Waals surface area contributed by atoms with Crippen molar-refractivity contribution in [3.05, 3.63) is 36.2 Å². The van der Waals surface area contributed by atoms with Crippen LogP contribution in [0.15, 0.2) is 29.3 Å². The summed E-state index contributed by atoms with van der Waals surface area (Å²) in [5.41, 5.74) is 1.94. The number of oxazole rings is 1. The molecular weight excluding hydrogens is 236 g/mol. The molecule has 90 valence electrons. The molecular formula is C11H8N4O3. The van der Waals surface area contributed by atoms with E-state index in [9.17, 15) is 4.79 Å². The predicted octanol–water partition coefficient (Wildman–Crippen LogP) is 1.39. The van der Waals surface area contributed by atoms with Gasteiger partial charge in [0.1, 0.15) is 12.0 Å². The third-order valence-corrected chi connectivity index (χ3v) is 2.55. The van der Waals surface area contributed by atoms with Crippen LogP contribution in [0.3, 0.4) is 0 Å². The standard InChI is InChI=1S/C11H8N4O3/c1-6-9(15-2-3-18-11(15)14-6)7-4-13-8(5-12-7)10(16)17/h2-5H,1H3,(H,16,17). The van der Waals surface area contributed by atoms with Gasteiger partial charge >= 0.3 is 11.8 Å². The number of carboxylic acid groups (broad SMARTS) is 1. The molecule has 0 spiro atoms. The first-order valence-corrected chi connectivity index (χ1v) is 5.14. The molecule has 3 heterocycles. The summed E-state index contributed by atoms with van der Waals surface area (Å²) < 4.78 is 6.91. The topological polar surface area (TPSA) is 93.5 Å². The number of fused-ring (bicyclic) bond motifs is 1. The zero-order valence-corrected chi connectivity index (χ0v) is 9.36. The molecule has 0 atom stereocenters. The van der Waals surface area contributed by atoms with Crippen molar-refractivity contribution in [1.29, 1.82) is 0 Å². The number of carboxylic acids is 1. The minimum Gasteiger partial charge on any atom is -0.476 e. The minimum atomic E-state index is -1.10. The fraction of sp³-hybridized carbons (Fsp3) is 0.0909. The average molecular weight is 244 g/mol. The van der Waals surface area contributed by atoms with Crippen LogP contribution in [0.1, 0.15) is 16.2 Å². The fourth-order valence-corrected chi connectivity index (χ4v) is 1.76. The first-order chi connectivity index (χ1) is 8.66. The van der Waals surface area contributed by atoms with E-state index in [1.54, 1.807) is 10.6 Å². The Kier molecular flexibility index (Phi) is 2.12. The predicted molar refractivity (Wildman–Crippen MR) is 60.2 cm³/mol. The largest absolute Gasteiger partial charge is 0.476 e. The van der Waals surface area contributed by atoms with Gasteiger partial charge in [0, 0.05) is 6.20 Å². The van der Waals surface area contributed by atoms with Crippen LogP contribution in [0.2, 0.25) is 0 Å². The van der Waals surface area contributed by atoms with Crippen molar-refractivity contribution in [3.8, 4) is 11.4 Å². The van der Waals surface area contributed by atoms with Gasteiger partial charge in [0.15, 0.2) is 5.69 Å². The molecule has 7 nitrogen and oxygen atoms in total. The highest BCUT2D eigenvalue weighted by Gasteiger charge is 2.15. The first-order valence-electron chi connectivity index (χ1n) is 5.14. The molecule has 0 saturated carbocycles. The monoisotopic (exact) mass is 244 g/mol. The number of aromatic carboxylic acids is 1. The maximum absolute atomic E-state index is 10.7. The Bertz CT molecular complexity index is 726. The molecule has 3 aromatic heterocycles. The Balaban J connectivity index is 2.16. The number of hydrogen-bond acceptors (Lipinski definition) is 5. The van der Waals surface area contributed by atoms with Crippen LogP contribution in [0.5, 0.6) is 0 Å². The number of aromatic nitrogens is 4. The number of aryl methyl sites for hydroxylation is 1. The van der Waals surface area contributed by atoms with E-state index in [0.717, 1.165) is 11.4 Å². The van der Waals surface area contributed by atoms with Gasteiger partial charge in [-0.25, -0.2) is 9.78 Å². The van der Waals surface area contributed by atoms with E-state index in [2.05, 4.69) is 15.0 Å². The second-order valence-electron chi connectivity index (χ2n) is 3.69. The Morgan fingerprint density at radius 1 is 1.39 bits per heavy atom. The van der Waals surface area contributed by atoms with E-state index in [-0.39, 0.29) is 5.69 Å². The van der Waals surface area contributed by atoms with E-state index in [1.807, 2.05) is 6.92 Å². The first kappa shape index (κ1) is 10.5. The van der Waals surface area contributed by atoms with Crippen molar-refractivity contribution in [2.75, 3.05) is 0 Å². The Labute approximate surface area is 101 Å². The van der Waals surface area contributed by atoms with Gasteiger partial charge in [0.25, 0.3) is 0 Å². The number of nitrogens with zero attached hydrogens (tertiary/aromatic N) is 4. The maximum Gasteiger partial charge on any atom is 0.356 e. The smallest absolute Gasteiger partial charge is 0.356 e. The van der Waals surface area contributed by atoms with Gasteiger partial charge in [0.05, 0.1) is 23.8 Å². The molecule has 0 aliphatic heterocycles. The van der Waals surface area contributed by atoms with Gasteiger partial charge in [-0.3, -0.25) is 9.38 Å². The molecule has 0 radical (unpaired) electrons. The van der Waals surface area contributed by atoms with Crippen LogP contribution in [-0.2, 0) is 0 Å². The summed E-state index contributed by atoms with van der Waals surface area (Å²) in [5, 5.41) is 8.76. The van der Waals surface area contributed by atoms with Gasteiger partial charge in [0.2, 0.25) is 0 Å². The van der Waals surface area contributed by atoms with Gasteiger partial charge in [-0.1, -0.05) is 0 Å². The summed E-state index contributed by atoms with van der Waals surface area (Å²) in [5.74, 6) is -0.640. The third kappa shape index (κ3) is 1.45. The SMILES string of the molecule is Cc1nc2occn2c1-c1cnc(C(=O)O)cn1. The molecule has 0 fully saturated rings. The van der Waals surface area contributed by atoms with Crippen molar-refractivity contribution >= 4 is 11.8 Å².